The average Bonchev–Trinajstić information content (AvgIpc) is 2.61. The van der Waals surface area contributed by atoms with Gasteiger partial charge in [0.25, 0.3) is 5.91 Å². The first-order chi connectivity index (χ1) is 12.6. The number of anilines is 1. The molecule has 0 unspecified atom stereocenters. The lowest BCUT2D eigenvalue weighted by atomic mass is 10.2. The third-order valence-corrected chi connectivity index (χ3v) is 5.48. The number of nitrogens with two attached hydrogens (primary N) is 1. The Hall–Kier alpha value is -2.07. The molecule has 144 valence electrons. The summed E-state index contributed by atoms with van der Waals surface area (Å²) in [6.07, 6.45) is 0.764. The van der Waals surface area contributed by atoms with Gasteiger partial charge in [-0.05, 0) is 55.6 Å². The molecule has 0 aliphatic heterocycles. The molecule has 0 saturated heterocycles. The fourth-order valence-electron chi connectivity index (χ4n) is 2.04. The summed E-state index contributed by atoms with van der Waals surface area (Å²) in [4.78, 5) is 25.2. The Bertz CT molecular complexity index is 962. The van der Waals surface area contributed by atoms with Crippen molar-refractivity contribution in [2.75, 3.05) is 11.6 Å². The number of nitrogens with one attached hydrogen (secondary N) is 1. The minimum atomic E-state index is -3.82. The van der Waals surface area contributed by atoms with Crippen molar-refractivity contribution in [1.82, 2.24) is 0 Å². The zero-order chi connectivity index (χ0) is 20.2. The largest absolute Gasteiger partial charge is 0.449 e. The highest BCUT2D eigenvalue weighted by Gasteiger charge is 2.21. The molecule has 7 nitrogen and oxygen atoms in total. The highest BCUT2D eigenvalue weighted by Crippen LogP contribution is 2.24. The second-order valence-electron chi connectivity index (χ2n) is 5.45. The molecule has 2 rings (SSSR count). The van der Waals surface area contributed by atoms with E-state index in [0.717, 1.165) is 4.90 Å². The average molecular weight is 429 g/mol. The van der Waals surface area contributed by atoms with E-state index in [1.54, 1.807) is 18.2 Å². The summed E-state index contributed by atoms with van der Waals surface area (Å²) < 4.78 is 27.6. The molecule has 0 saturated carbocycles. The number of primary sulfonamides is 1. The Balaban J connectivity index is 2.04. The predicted molar refractivity (Wildman–Crippen MR) is 105 cm³/mol. The number of thioether (sulfide) groups is 1. The van der Waals surface area contributed by atoms with Crippen LogP contribution in [0.1, 0.15) is 17.3 Å². The van der Waals surface area contributed by atoms with Gasteiger partial charge in [0, 0.05) is 10.6 Å². The van der Waals surface area contributed by atoms with Crippen molar-refractivity contribution in [3.8, 4) is 0 Å². The van der Waals surface area contributed by atoms with E-state index in [0.29, 0.717) is 5.69 Å². The van der Waals surface area contributed by atoms with Gasteiger partial charge in [0.15, 0.2) is 6.10 Å². The fourth-order valence-corrected chi connectivity index (χ4v) is 3.19. The Labute approximate surface area is 166 Å². The second kappa shape index (κ2) is 8.75. The number of amides is 1. The minimum Gasteiger partial charge on any atom is -0.449 e. The summed E-state index contributed by atoms with van der Waals surface area (Å²) in [5.74, 6) is -1.30. The van der Waals surface area contributed by atoms with Crippen LogP contribution in [-0.4, -0.2) is 32.7 Å². The molecular weight excluding hydrogens is 412 g/mol. The number of carbonyl (C=O) groups excluding carboxylic acids is 2. The summed E-state index contributed by atoms with van der Waals surface area (Å²) in [7, 11) is -3.82. The predicted octanol–water partition coefficient (Wildman–Crippen LogP) is 2.89. The van der Waals surface area contributed by atoms with Gasteiger partial charge in [-0.25, -0.2) is 18.4 Å². The normalized spacial score (nSPS) is 12.3. The summed E-state index contributed by atoms with van der Waals surface area (Å²) >= 11 is 7.46. The van der Waals surface area contributed by atoms with Gasteiger partial charge >= 0.3 is 5.97 Å². The van der Waals surface area contributed by atoms with Crippen molar-refractivity contribution in [2.45, 2.75) is 22.8 Å². The Morgan fingerprint density at radius 1 is 1.19 bits per heavy atom. The molecule has 0 bridgehead atoms. The molecule has 2 aromatic carbocycles. The van der Waals surface area contributed by atoms with Gasteiger partial charge in [0.2, 0.25) is 10.0 Å². The van der Waals surface area contributed by atoms with Crippen molar-refractivity contribution in [3.63, 3.8) is 0 Å². The first-order valence-electron chi connectivity index (χ1n) is 7.60. The molecule has 27 heavy (non-hydrogen) atoms. The highest BCUT2D eigenvalue weighted by atomic mass is 35.5. The molecule has 0 heterocycles. The monoisotopic (exact) mass is 428 g/mol. The smallest absolute Gasteiger partial charge is 0.340 e. The lowest BCUT2D eigenvalue weighted by molar-refractivity contribution is -0.123. The molecule has 10 heteroatoms. The van der Waals surface area contributed by atoms with Crippen LogP contribution in [0.3, 0.4) is 0 Å². The molecule has 0 aromatic heterocycles. The number of benzene rings is 2. The van der Waals surface area contributed by atoms with E-state index in [-0.39, 0.29) is 15.5 Å². The van der Waals surface area contributed by atoms with Crippen LogP contribution in [0, 0.1) is 0 Å². The van der Waals surface area contributed by atoms with Crippen LogP contribution in [0.4, 0.5) is 5.69 Å². The molecule has 3 N–H and O–H groups in total. The van der Waals surface area contributed by atoms with E-state index in [2.05, 4.69) is 5.32 Å². The summed E-state index contributed by atoms with van der Waals surface area (Å²) in [6.45, 7) is 1.41. The van der Waals surface area contributed by atoms with Crippen LogP contribution >= 0.6 is 23.4 Å². The number of hydrogen-bond donors (Lipinski definition) is 2. The SMILES string of the molecule is CSc1ccc(Cl)c(C(=O)O[C@@H](C)C(=O)Nc2ccc(S(N)(=O)=O)cc2)c1. The fraction of sp³-hybridized carbons (Fsp3) is 0.176. The minimum absolute atomic E-state index is 0.0803. The Kier molecular flexibility index (Phi) is 6.88. The van der Waals surface area contributed by atoms with E-state index in [1.807, 2.05) is 6.26 Å². The van der Waals surface area contributed by atoms with Crippen molar-refractivity contribution in [2.24, 2.45) is 5.14 Å². The first kappa shape index (κ1) is 21.2. The van der Waals surface area contributed by atoms with Crippen molar-refractivity contribution in [1.29, 1.82) is 0 Å². The molecule has 0 spiro atoms. The zero-order valence-corrected chi connectivity index (χ0v) is 16.8. The van der Waals surface area contributed by atoms with Gasteiger partial charge in [-0.15, -0.1) is 11.8 Å². The van der Waals surface area contributed by atoms with Gasteiger partial charge in [-0.2, -0.15) is 0 Å². The quantitative estimate of drug-likeness (QED) is 0.539. The van der Waals surface area contributed by atoms with Crippen LogP contribution in [-0.2, 0) is 19.6 Å². The summed E-state index contributed by atoms with van der Waals surface area (Å²) in [5.41, 5.74) is 0.499. The van der Waals surface area contributed by atoms with E-state index in [9.17, 15) is 18.0 Å². The molecule has 1 atom stereocenters. The number of ether oxygens (including phenoxy) is 1. The third kappa shape index (κ3) is 5.70. The molecule has 0 aliphatic carbocycles. The first-order valence-corrected chi connectivity index (χ1v) is 10.7. The van der Waals surface area contributed by atoms with E-state index >= 15 is 0 Å². The van der Waals surface area contributed by atoms with Crippen LogP contribution < -0.4 is 10.5 Å². The summed E-state index contributed by atoms with van der Waals surface area (Å²) in [6, 6.07) is 10.2. The van der Waals surface area contributed by atoms with Crippen LogP contribution in [0.5, 0.6) is 0 Å². The molecular formula is C17H17ClN2O5S2. The molecule has 2 aromatic rings. The van der Waals surface area contributed by atoms with Crippen LogP contribution in [0.25, 0.3) is 0 Å². The maximum absolute atomic E-state index is 12.3. The lowest BCUT2D eigenvalue weighted by Gasteiger charge is -2.14. The van der Waals surface area contributed by atoms with Crippen molar-refractivity contribution in [3.05, 3.63) is 53.1 Å². The van der Waals surface area contributed by atoms with Gasteiger partial charge in [0.1, 0.15) is 0 Å². The van der Waals surface area contributed by atoms with Crippen LogP contribution in [0.15, 0.2) is 52.3 Å². The molecule has 0 radical (unpaired) electrons. The maximum atomic E-state index is 12.3. The standard InChI is InChI=1S/C17H17ClN2O5S2/c1-10(25-17(22)14-9-12(26-2)5-8-15(14)18)16(21)20-11-3-6-13(7-4-11)27(19,23)24/h3-10H,1-2H3,(H,20,21)(H2,19,23,24)/t10-/m0/s1. The van der Waals surface area contributed by atoms with Gasteiger partial charge < -0.3 is 10.1 Å². The number of sulfonamides is 1. The maximum Gasteiger partial charge on any atom is 0.340 e. The number of rotatable bonds is 6. The highest BCUT2D eigenvalue weighted by molar-refractivity contribution is 7.98. The number of hydrogen-bond acceptors (Lipinski definition) is 6. The van der Waals surface area contributed by atoms with Crippen molar-refractivity contribution < 1.29 is 22.7 Å². The van der Waals surface area contributed by atoms with E-state index in [1.165, 1.54) is 43.0 Å². The van der Waals surface area contributed by atoms with Crippen molar-refractivity contribution >= 4 is 50.9 Å². The number of carbonyl (C=O) groups is 2. The van der Waals surface area contributed by atoms with Crippen LogP contribution in [0.2, 0.25) is 5.02 Å². The van der Waals surface area contributed by atoms with E-state index < -0.39 is 28.0 Å². The molecule has 0 aliphatic rings. The Morgan fingerprint density at radius 2 is 1.81 bits per heavy atom. The van der Waals surface area contributed by atoms with Gasteiger partial charge in [-0.3, -0.25) is 4.79 Å². The third-order valence-electron chi connectivity index (χ3n) is 3.50. The molecule has 0 fully saturated rings. The second-order valence-corrected chi connectivity index (χ2v) is 8.30. The lowest BCUT2D eigenvalue weighted by Crippen LogP contribution is -2.30. The summed E-state index contributed by atoms with van der Waals surface area (Å²) in [5, 5.41) is 7.77. The van der Waals surface area contributed by atoms with Gasteiger partial charge in [0.05, 0.1) is 15.5 Å². The Morgan fingerprint density at radius 3 is 2.37 bits per heavy atom. The topological polar surface area (TPSA) is 116 Å². The molecule has 1 amide bonds. The number of esters is 1. The number of halogens is 1. The van der Waals surface area contributed by atoms with Gasteiger partial charge in [-0.1, -0.05) is 11.6 Å². The van der Waals surface area contributed by atoms with E-state index in [4.69, 9.17) is 21.5 Å². The zero-order valence-electron chi connectivity index (χ0n) is 14.4.